The molecule has 0 atom stereocenters. The standard InChI is InChI=1S/C9H18N2O3S/c1-15(13,14)6-2-5-10-7-9(12)11-8-3-4-8/h8,10H,2-7H2,1H3,(H,11,12). The normalized spacial score (nSPS) is 16.3. The van der Waals surface area contributed by atoms with E-state index in [1.807, 2.05) is 0 Å². The van der Waals surface area contributed by atoms with Gasteiger partial charge in [-0.3, -0.25) is 4.79 Å². The van der Waals surface area contributed by atoms with Crippen LogP contribution >= 0.6 is 0 Å². The van der Waals surface area contributed by atoms with Crippen molar-refractivity contribution in [1.82, 2.24) is 10.6 Å². The summed E-state index contributed by atoms with van der Waals surface area (Å²) in [5, 5.41) is 5.76. The van der Waals surface area contributed by atoms with E-state index < -0.39 is 9.84 Å². The van der Waals surface area contributed by atoms with Gasteiger partial charge in [0.2, 0.25) is 5.91 Å². The minimum absolute atomic E-state index is 0.00291. The molecule has 0 aliphatic heterocycles. The molecule has 88 valence electrons. The molecule has 0 aromatic heterocycles. The third-order valence-electron chi connectivity index (χ3n) is 2.10. The third kappa shape index (κ3) is 7.33. The summed E-state index contributed by atoms with van der Waals surface area (Å²) >= 11 is 0. The number of carbonyl (C=O) groups excluding carboxylic acids is 1. The predicted octanol–water partition coefficient (Wildman–Crippen LogP) is -0.711. The van der Waals surface area contributed by atoms with Crippen LogP contribution in [0.5, 0.6) is 0 Å². The monoisotopic (exact) mass is 234 g/mol. The molecule has 0 aromatic rings. The molecule has 6 heteroatoms. The molecule has 1 aliphatic carbocycles. The van der Waals surface area contributed by atoms with Crippen LogP contribution in [0.4, 0.5) is 0 Å². The van der Waals surface area contributed by atoms with E-state index >= 15 is 0 Å². The Bertz CT molecular complexity index is 309. The molecule has 0 spiro atoms. The van der Waals surface area contributed by atoms with Gasteiger partial charge < -0.3 is 10.6 Å². The second-order valence-corrected chi connectivity index (χ2v) is 6.26. The maximum atomic E-state index is 11.2. The molecular weight excluding hydrogens is 216 g/mol. The molecule has 1 fully saturated rings. The van der Waals surface area contributed by atoms with Gasteiger partial charge in [0.25, 0.3) is 0 Å². The molecule has 5 nitrogen and oxygen atoms in total. The van der Waals surface area contributed by atoms with Gasteiger partial charge in [-0.05, 0) is 25.8 Å². The van der Waals surface area contributed by atoms with Gasteiger partial charge in [0.1, 0.15) is 9.84 Å². The Morgan fingerprint density at radius 3 is 2.60 bits per heavy atom. The van der Waals surface area contributed by atoms with Gasteiger partial charge in [-0.1, -0.05) is 0 Å². The van der Waals surface area contributed by atoms with Gasteiger partial charge in [-0.25, -0.2) is 8.42 Å². The first-order valence-corrected chi connectivity index (χ1v) is 7.21. The maximum absolute atomic E-state index is 11.2. The predicted molar refractivity (Wildman–Crippen MR) is 58.4 cm³/mol. The largest absolute Gasteiger partial charge is 0.352 e. The van der Waals surface area contributed by atoms with Gasteiger partial charge in [-0.15, -0.1) is 0 Å². The van der Waals surface area contributed by atoms with Crippen molar-refractivity contribution in [2.24, 2.45) is 0 Å². The summed E-state index contributed by atoms with van der Waals surface area (Å²) in [7, 11) is -2.87. The molecule has 1 aliphatic rings. The number of hydrogen-bond acceptors (Lipinski definition) is 4. The lowest BCUT2D eigenvalue weighted by Crippen LogP contribution is -2.35. The van der Waals surface area contributed by atoms with Crippen LogP contribution in [0.25, 0.3) is 0 Å². The van der Waals surface area contributed by atoms with Crippen LogP contribution in [0.2, 0.25) is 0 Å². The number of nitrogens with one attached hydrogen (secondary N) is 2. The highest BCUT2D eigenvalue weighted by Crippen LogP contribution is 2.18. The Balaban J connectivity index is 1.94. The van der Waals surface area contributed by atoms with Crippen molar-refractivity contribution in [2.75, 3.05) is 25.1 Å². The van der Waals surface area contributed by atoms with Crippen molar-refractivity contribution in [2.45, 2.75) is 25.3 Å². The molecule has 0 saturated heterocycles. The smallest absolute Gasteiger partial charge is 0.234 e. The average Bonchev–Trinajstić information content (AvgIpc) is 2.85. The molecule has 0 heterocycles. The molecular formula is C9H18N2O3S. The van der Waals surface area contributed by atoms with Crippen LogP contribution in [0.15, 0.2) is 0 Å². The Labute approximate surface area is 90.5 Å². The Morgan fingerprint density at radius 1 is 1.40 bits per heavy atom. The molecule has 0 unspecified atom stereocenters. The Morgan fingerprint density at radius 2 is 2.07 bits per heavy atom. The van der Waals surface area contributed by atoms with E-state index in [2.05, 4.69) is 10.6 Å². The zero-order chi connectivity index (χ0) is 11.3. The van der Waals surface area contributed by atoms with Crippen LogP contribution in [0.3, 0.4) is 0 Å². The first-order valence-electron chi connectivity index (χ1n) is 5.15. The fourth-order valence-electron chi connectivity index (χ4n) is 1.17. The molecule has 1 saturated carbocycles. The molecule has 2 N–H and O–H groups in total. The van der Waals surface area contributed by atoms with E-state index in [-0.39, 0.29) is 18.2 Å². The van der Waals surface area contributed by atoms with Crippen molar-refractivity contribution < 1.29 is 13.2 Å². The number of carbonyl (C=O) groups is 1. The van der Waals surface area contributed by atoms with Crippen LogP contribution < -0.4 is 10.6 Å². The fraction of sp³-hybridized carbons (Fsp3) is 0.889. The van der Waals surface area contributed by atoms with Crippen molar-refractivity contribution in [3.63, 3.8) is 0 Å². The van der Waals surface area contributed by atoms with Crippen LogP contribution in [-0.4, -0.2) is 45.5 Å². The zero-order valence-corrected chi connectivity index (χ0v) is 9.77. The SMILES string of the molecule is CS(=O)(=O)CCCNCC(=O)NC1CC1. The number of hydrogen-bond donors (Lipinski definition) is 2. The molecule has 0 bridgehead atoms. The molecule has 15 heavy (non-hydrogen) atoms. The second kappa shape index (κ2) is 5.46. The summed E-state index contributed by atoms with van der Waals surface area (Å²) in [5.74, 6) is 0.168. The van der Waals surface area contributed by atoms with E-state index in [0.717, 1.165) is 12.8 Å². The minimum atomic E-state index is -2.87. The average molecular weight is 234 g/mol. The zero-order valence-electron chi connectivity index (χ0n) is 8.95. The summed E-state index contributed by atoms with van der Waals surface area (Å²) in [6.07, 6.45) is 3.93. The van der Waals surface area contributed by atoms with E-state index in [1.165, 1.54) is 6.26 Å². The first-order chi connectivity index (χ1) is 6.97. The van der Waals surface area contributed by atoms with Crippen molar-refractivity contribution in [3.8, 4) is 0 Å². The molecule has 0 aromatic carbocycles. The quantitative estimate of drug-likeness (QED) is 0.571. The molecule has 1 amide bonds. The lowest BCUT2D eigenvalue weighted by Gasteiger charge is -2.04. The summed E-state index contributed by atoms with van der Waals surface area (Å²) < 4.78 is 21.5. The van der Waals surface area contributed by atoms with Gasteiger partial charge in [0.15, 0.2) is 0 Å². The molecule has 1 rings (SSSR count). The second-order valence-electron chi connectivity index (χ2n) is 4.00. The summed E-state index contributed by atoms with van der Waals surface area (Å²) in [5.41, 5.74) is 0. The lowest BCUT2D eigenvalue weighted by atomic mass is 10.4. The Kier molecular flexibility index (Phi) is 4.53. The molecule has 0 radical (unpaired) electrons. The highest BCUT2D eigenvalue weighted by atomic mass is 32.2. The van der Waals surface area contributed by atoms with Gasteiger partial charge in [0, 0.05) is 12.3 Å². The highest BCUT2D eigenvalue weighted by Gasteiger charge is 2.22. The number of sulfone groups is 1. The van der Waals surface area contributed by atoms with Crippen LogP contribution in [0, 0.1) is 0 Å². The van der Waals surface area contributed by atoms with Gasteiger partial charge in [0.05, 0.1) is 12.3 Å². The van der Waals surface area contributed by atoms with E-state index in [4.69, 9.17) is 0 Å². The van der Waals surface area contributed by atoms with Crippen LogP contribution in [0.1, 0.15) is 19.3 Å². The van der Waals surface area contributed by atoms with Crippen LogP contribution in [-0.2, 0) is 14.6 Å². The van der Waals surface area contributed by atoms with Crippen molar-refractivity contribution in [1.29, 1.82) is 0 Å². The minimum Gasteiger partial charge on any atom is -0.352 e. The first kappa shape index (κ1) is 12.4. The Hall–Kier alpha value is -0.620. The van der Waals surface area contributed by atoms with E-state index in [9.17, 15) is 13.2 Å². The van der Waals surface area contributed by atoms with Gasteiger partial charge in [-0.2, -0.15) is 0 Å². The van der Waals surface area contributed by atoms with Gasteiger partial charge >= 0.3 is 0 Å². The number of rotatable bonds is 7. The summed E-state index contributed by atoms with van der Waals surface area (Å²) in [6.45, 7) is 0.839. The van der Waals surface area contributed by atoms with E-state index in [0.29, 0.717) is 19.0 Å². The maximum Gasteiger partial charge on any atom is 0.234 e. The summed E-state index contributed by atoms with van der Waals surface area (Å²) in [4.78, 5) is 11.2. The number of amides is 1. The summed E-state index contributed by atoms with van der Waals surface area (Å²) in [6, 6.07) is 0.385. The topological polar surface area (TPSA) is 75.3 Å². The van der Waals surface area contributed by atoms with Crippen molar-refractivity contribution in [3.05, 3.63) is 0 Å². The lowest BCUT2D eigenvalue weighted by molar-refractivity contribution is -0.120. The fourth-order valence-corrected chi connectivity index (χ4v) is 1.84. The van der Waals surface area contributed by atoms with Crippen molar-refractivity contribution >= 4 is 15.7 Å². The highest BCUT2D eigenvalue weighted by molar-refractivity contribution is 7.90. The third-order valence-corrected chi connectivity index (χ3v) is 3.13. The van der Waals surface area contributed by atoms with E-state index in [1.54, 1.807) is 0 Å².